The molecule has 2 aliphatic heterocycles. The van der Waals surface area contributed by atoms with Crippen LogP contribution in [-0.2, 0) is 5.72 Å². The average Bonchev–Trinajstić information content (AvgIpc) is 2.62. The third-order valence-electron chi connectivity index (χ3n) is 4.93. The molecule has 120 valence electrons. The molecule has 2 aromatic carbocycles. The van der Waals surface area contributed by atoms with Gasteiger partial charge in [-0.1, -0.05) is 24.3 Å². The molecule has 23 heavy (non-hydrogen) atoms. The zero-order chi connectivity index (χ0) is 15.9. The summed E-state index contributed by atoms with van der Waals surface area (Å²) in [5.74, 6) is 1.78. The molecule has 2 aromatic rings. The van der Waals surface area contributed by atoms with Crippen molar-refractivity contribution in [2.45, 2.75) is 12.6 Å². The van der Waals surface area contributed by atoms with E-state index < -0.39 is 5.72 Å². The first-order valence-electron chi connectivity index (χ1n) is 8.15. The van der Waals surface area contributed by atoms with E-state index in [1.54, 1.807) is 7.11 Å². The van der Waals surface area contributed by atoms with E-state index in [1.807, 2.05) is 12.1 Å². The lowest BCUT2D eigenvalue weighted by Crippen LogP contribution is -2.56. The highest BCUT2D eigenvalue weighted by atomic mass is 16.5. The maximum atomic E-state index is 6.53. The quantitative estimate of drug-likeness (QED) is 0.925. The van der Waals surface area contributed by atoms with Crippen molar-refractivity contribution in [3.8, 4) is 22.6 Å². The Kier molecular flexibility index (Phi) is 3.51. The fourth-order valence-electron chi connectivity index (χ4n) is 3.65. The highest BCUT2D eigenvalue weighted by molar-refractivity contribution is 5.77. The number of benzene rings is 2. The number of hydrogen-bond donors (Lipinski definition) is 1. The highest BCUT2D eigenvalue weighted by Crippen LogP contribution is 2.47. The van der Waals surface area contributed by atoms with Crippen LogP contribution >= 0.6 is 0 Å². The average molecular weight is 310 g/mol. The summed E-state index contributed by atoms with van der Waals surface area (Å²) in [4.78, 5) is 2.43. The van der Waals surface area contributed by atoms with E-state index in [2.05, 4.69) is 47.5 Å². The van der Waals surface area contributed by atoms with Crippen molar-refractivity contribution < 1.29 is 9.47 Å². The first-order valence-corrected chi connectivity index (χ1v) is 8.15. The largest absolute Gasteiger partial charge is 0.497 e. The fourth-order valence-corrected chi connectivity index (χ4v) is 3.65. The summed E-state index contributed by atoms with van der Waals surface area (Å²) in [5.41, 5.74) is 3.13. The van der Waals surface area contributed by atoms with Gasteiger partial charge in [0.2, 0.25) is 0 Å². The molecule has 0 aromatic heterocycles. The van der Waals surface area contributed by atoms with E-state index in [0.29, 0.717) is 0 Å². The first kappa shape index (κ1) is 14.5. The van der Waals surface area contributed by atoms with Crippen LogP contribution < -0.4 is 14.8 Å². The van der Waals surface area contributed by atoms with Gasteiger partial charge in [0.1, 0.15) is 11.5 Å². The first-order chi connectivity index (χ1) is 11.2. The molecule has 4 rings (SSSR count). The van der Waals surface area contributed by atoms with Crippen LogP contribution in [-0.4, -0.2) is 38.2 Å². The van der Waals surface area contributed by atoms with Gasteiger partial charge in [0.15, 0.2) is 5.72 Å². The Labute approximate surface area is 137 Å². The molecule has 0 amide bonds. The molecule has 1 N–H and O–H groups in total. The van der Waals surface area contributed by atoms with E-state index in [1.165, 1.54) is 11.1 Å². The number of nitrogens with zero attached hydrogens (tertiary/aromatic N) is 1. The van der Waals surface area contributed by atoms with Crippen LogP contribution in [0.4, 0.5) is 0 Å². The van der Waals surface area contributed by atoms with Gasteiger partial charge >= 0.3 is 0 Å². The Bertz CT molecular complexity index is 725. The maximum Gasteiger partial charge on any atom is 0.187 e. The van der Waals surface area contributed by atoms with E-state index in [9.17, 15) is 0 Å². The van der Waals surface area contributed by atoms with Crippen molar-refractivity contribution in [1.82, 2.24) is 10.2 Å². The molecule has 1 fully saturated rings. The Morgan fingerprint density at radius 1 is 1.09 bits per heavy atom. The second kappa shape index (κ2) is 5.55. The summed E-state index contributed by atoms with van der Waals surface area (Å²) in [5, 5.41) is 3.42. The molecule has 1 saturated heterocycles. The molecule has 0 bridgehead atoms. The second-order valence-corrected chi connectivity index (χ2v) is 6.23. The number of nitrogens with one attached hydrogen (secondary N) is 1. The summed E-state index contributed by atoms with van der Waals surface area (Å²) in [6.07, 6.45) is 0. The van der Waals surface area contributed by atoms with Crippen LogP contribution in [0, 0.1) is 0 Å². The minimum Gasteiger partial charge on any atom is -0.497 e. The molecule has 0 radical (unpaired) electrons. The van der Waals surface area contributed by atoms with Crippen molar-refractivity contribution in [3.05, 3.63) is 48.0 Å². The predicted molar refractivity (Wildman–Crippen MR) is 90.9 cm³/mol. The van der Waals surface area contributed by atoms with E-state index in [-0.39, 0.29) is 0 Å². The molecule has 1 unspecified atom stereocenters. The third kappa shape index (κ3) is 2.30. The molecular weight excluding hydrogens is 288 g/mol. The highest BCUT2D eigenvalue weighted by Gasteiger charge is 2.42. The molecule has 2 aliphatic rings. The molecule has 4 heteroatoms. The van der Waals surface area contributed by atoms with Crippen LogP contribution in [0.1, 0.15) is 12.5 Å². The number of methoxy groups -OCH3 is 1. The summed E-state index contributed by atoms with van der Waals surface area (Å²) < 4.78 is 11.9. The van der Waals surface area contributed by atoms with Crippen LogP contribution in [0.25, 0.3) is 11.1 Å². The minimum absolute atomic E-state index is 0.430. The van der Waals surface area contributed by atoms with Gasteiger partial charge in [0, 0.05) is 37.3 Å². The monoisotopic (exact) mass is 310 g/mol. The van der Waals surface area contributed by atoms with Gasteiger partial charge in [-0.15, -0.1) is 0 Å². The SMILES string of the molecule is COc1ccc2c(c1)-c1ccccc1C(C)(N1CCNCC1)O2. The number of rotatable bonds is 2. The van der Waals surface area contributed by atoms with Gasteiger partial charge < -0.3 is 14.8 Å². The smallest absolute Gasteiger partial charge is 0.187 e. The molecule has 4 nitrogen and oxygen atoms in total. The standard InChI is InChI=1S/C19H22N2O2/c1-19(21-11-9-20-10-12-21)17-6-4-3-5-15(17)16-13-14(22-2)7-8-18(16)23-19/h3-8,13,20H,9-12H2,1-2H3. The Hall–Kier alpha value is -2.04. The Morgan fingerprint density at radius 3 is 2.65 bits per heavy atom. The summed E-state index contributed by atoms with van der Waals surface area (Å²) in [7, 11) is 1.70. The van der Waals surface area contributed by atoms with Crippen molar-refractivity contribution in [2.75, 3.05) is 33.3 Å². The van der Waals surface area contributed by atoms with Crippen molar-refractivity contribution in [1.29, 1.82) is 0 Å². The third-order valence-corrected chi connectivity index (χ3v) is 4.93. The van der Waals surface area contributed by atoms with Crippen LogP contribution in [0.5, 0.6) is 11.5 Å². The molecule has 2 heterocycles. The Balaban J connectivity index is 1.86. The van der Waals surface area contributed by atoms with Crippen molar-refractivity contribution >= 4 is 0 Å². The van der Waals surface area contributed by atoms with Crippen LogP contribution in [0.3, 0.4) is 0 Å². The van der Waals surface area contributed by atoms with E-state index in [4.69, 9.17) is 9.47 Å². The lowest BCUT2D eigenvalue weighted by molar-refractivity contribution is -0.0845. The normalized spacial score (nSPS) is 23.6. The van der Waals surface area contributed by atoms with Crippen LogP contribution in [0.15, 0.2) is 42.5 Å². The molecular formula is C19H22N2O2. The van der Waals surface area contributed by atoms with Crippen molar-refractivity contribution in [3.63, 3.8) is 0 Å². The van der Waals surface area contributed by atoms with Gasteiger partial charge in [0.25, 0.3) is 0 Å². The number of fused-ring (bicyclic) bond motifs is 3. The number of piperazine rings is 1. The summed E-state index contributed by atoms with van der Waals surface area (Å²) in [6.45, 7) is 6.14. The molecule has 0 spiro atoms. The maximum absolute atomic E-state index is 6.53. The van der Waals surface area contributed by atoms with E-state index in [0.717, 1.165) is 43.2 Å². The molecule has 0 aliphatic carbocycles. The number of hydrogen-bond acceptors (Lipinski definition) is 4. The van der Waals surface area contributed by atoms with Gasteiger partial charge in [0.05, 0.1) is 7.11 Å². The van der Waals surface area contributed by atoms with Gasteiger partial charge in [-0.05, 0) is 30.7 Å². The zero-order valence-corrected chi connectivity index (χ0v) is 13.6. The Morgan fingerprint density at radius 2 is 1.87 bits per heavy atom. The van der Waals surface area contributed by atoms with Crippen molar-refractivity contribution in [2.24, 2.45) is 0 Å². The zero-order valence-electron chi connectivity index (χ0n) is 13.6. The second-order valence-electron chi connectivity index (χ2n) is 6.23. The van der Waals surface area contributed by atoms with Gasteiger partial charge in [-0.3, -0.25) is 4.90 Å². The van der Waals surface area contributed by atoms with Crippen LogP contribution in [0.2, 0.25) is 0 Å². The molecule has 1 atom stereocenters. The molecule has 0 saturated carbocycles. The lowest BCUT2D eigenvalue weighted by atomic mass is 9.88. The fraction of sp³-hybridized carbons (Fsp3) is 0.368. The summed E-state index contributed by atoms with van der Waals surface area (Å²) >= 11 is 0. The van der Waals surface area contributed by atoms with Gasteiger partial charge in [-0.25, -0.2) is 0 Å². The summed E-state index contributed by atoms with van der Waals surface area (Å²) in [6, 6.07) is 14.6. The van der Waals surface area contributed by atoms with Gasteiger partial charge in [-0.2, -0.15) is 0 Å². The van der Waals surface area contributed by atoms with E-state index >= 15 is 0 Å². The lowest BCUT2D eigenvalue weighted by Gasteiger charge is -2.46. The number of ether oxygens (including phenoxy) is 2. The minimum atomic E-state index is -0.430. The predicted octanol–water partition coefficient (Wildman–Crippen LogP) is 2.83. The topological polar surface area (TPSA) is 33.7 Å².